The van der Waals surface area contributed by atoms with E-state index in [1.54, 1.807) is 18.3 Å². The Bertz CT molecular complexity index is 1050. The van der Waals surface area contributed by atoms with Gasteiger partial charge in [0.2, 0.25) is 17.8 Å². The normalized spacial score (nSPS) is 13.9. The molecule has 1 aromatic heterocycles. The van der Waals surface area contributed by atoms with Gasteiger partial charge in [-0.15, -0.1) is 0 Å². The molecule has 0 amide bonds. The second kappa shape index (κ2) is 9.63. The fraction of sp³-hybridized carbons (Fsp3) is 0.190. The molecular weight excluding hydrogens is 398 g/mol. The number of rotatable bonds is 7. The van der Waals surface area contributed by atoms with Crippen molar-refractivity contribution in [3.8, 4) is 0 Å². The topological polar surface area (TPSA) is 125 Å². The summed E-state index contributed by atoms with van der Waals surface area (Å²) in [6.07, 6.45) is 1.56. The summed E-state index contributed by atoms with van der Waals surface area (Å²) in [6.45, 7) is 2.60. The molecule has 10 heteroatoms. The molecular formula is C21H21N7O3. The maximum Gasteiger partial charge on any atom is 0.335 e. The smallest absolute Gasteiger partial charge is 0.335 e. The molecule has 0 atom stereocenters. The summed E-state index contributed by atoms with van der Waals surface area (Å²) >= 11 is 0. The van der Waals surface area contributed by atoms with Crippen LogP contribution >= 0.6 is 0 Å². The number of anilines is 4. The summed E-state index contributed by atoms with van der Waals surface area (Å²) in [5.74, 6) is 0.237. The highest BCUT2D eigenvalue weighted by atomic mass is 16.5. The number of aromatic nitrogens is 3. The van der Waals surface area contributed by atoms with Crippen LogP contribution in [0, 0.1) is 0 Å². The molecule has 4 rings (SSSR count). The van der Waals surface area contributed by atoms with E-state index in [0.717, 1.165) is 11.3 Å². The van der Waals surface area contributed by atoms with Crippen molar-refractivity contribution in [3.63, 3.8) is 0 Å². The van der Waals surface area contributed by atoms with Crippen LogP contribution in [-0.4, -0.2) is 58.5 Å². The minimum absolute atomic E-state index is 0.217. The monoisotopic (exact) mass is 419 g/mol. The largest absolute Gasteiger partial charge is 0.478 e. The minimum atomic E-state index is -0.971. The van der Waals surface area contributed by atoms with E-state index in [1.165, 1.54) is 12.1 Å². The van der Waals surface area contributed by atoms with E-state index in [9.17, 15) is 4.79 Å². The second-order valence-electron chi connectivity index (χ2n) is 6.67. The average Bonchev–Trinajstić information content (AvgIpc) is 2.80. The molecule has 0 radical (unpaired) electrons. The number of carbonyl (C=O) groups is 1. The number of nitrogens with zero attached hydrogens (tertiary/aromatic N) is 5. The molecule has 158 valence electrons. The van der Waals surface area contributed by atoms with Gasteiger partial charge in [0, 0.05) is 18.8 Å². The average molecular weight is 419 g/mol. The number of nitrogens with one attached hydrogen (secondary N) is 2. The predicted molar refractivity (Wildman–Crippen MR) is 117 cm³/mol. The van der Waals surface area contributed by atoms with Crippen LogP contribution in [0.5, 0.6) is 0 Å². The lowest BCUT2D eigenvalue weighted by atomic mass is 10.1. The highest BCUT2D eigenvalue weighted by Gasteiger charge is 2.16. The van der Waals surface area contributed by atoms with Crippen molar-refractivity contribution in [2.45, 2.75) is 0 Å². The summed E-state index contributed by atoms with van der Waals surface area (Å²) in [4.78, 5) is 26.4. The van der Waals surface area contributed by atoms with E-state index in [-0.39, 0.29) is 11.5 Å². The van der Waals surface area contributed by atoms with Crippen LogP contribution in [-0.2, 0) is 4.74 Å². The SMILES string of the molecule is O=C(O)c1ccc(C=NNc2nc(Nc3ccccc3)nc(N3CCOCC3)n2)cc1. The van der Waals surface area contributed by atoms with E-state index >= 15 is 0 Å². The number of morpholine rings is 1. The first-order chi connectivity index (χ1) is 15.2. The van der Waals surface area contributed by atoms with Gasteiger partial charge in [-0.05, 0) is 29.8 Å². The van der Waals surface area contributed by atoms with Gasteiger partial charge in [-0.3, -0.25) is 0 Å². The highest BCUT2D eigenvalue weighted by Crippen LogP contribution is 2.18. The van der Waals surface area contributed by atoms with Gasteiger partial charge >= 0.3 is 5.97 Å². The zero-order valence-electron chi connectivity index (χ0n) is 16.6. The molecule has 0 aliphatic carbocycles. The molecule has 10 nitrogen and oxygen atoms in total. The van der Waals surface area contributed by atoms with Gasteiger partial charge in [0.15, 0.2) is 0 Å². The van der Waals surface area contributed by atoms with Crippen molar-refractivity contribution in [3.05, 3.63) is 65.7 Å². The third-order valence-corrected chi connectivity index (χ3v) is 4.48. The summed E-state index contributed by atoms with van der Waals surface area (Å²) in [7, 11) is 0. The summed E-state index contributed by atoms with van der Waals surface area (Å²) in [5, 5.41) is 16.3. The Kier molecular flexibility index (Phi) is 6.29. The molecule has 0 saturated carbocycles. The number of hydrazone groups is 1. The Balaban J connectivity index is 1.53. The van der Waals surface area contributed by atoms with Crippen molar-refractivity contribution < 1.29 is 14.6 Å². The zero-order valence-corrected chi connectivity index (χ0v) is 16.6. The van der Waals surface area contributed by atoms with Crippen LogP contribution in [0.2, 0.25) is 0 Å². The first kappa shape index (κ1) is 20.2. The van der Waals surface area contributed by atoms with Crippen molar-refractivity contribution in [2.24, 2.45) is 5.10 Å². The standard InChI is InChI=1S/C21H21N7O3/c29-18(30)16-8-6-15(7-9-16)14-22-27-20-24-19(23-17-4-2-1-3-5-17)25-21(26-20)28-10-12-31-13-11-28/h1-9,14H,10-13H2,(H,29,30)(H2,23,24,25,26,27). The molecule has 0 unspecified atom stereocenters. The molecule has 1 saturated heterocycles. The summed E-state index contributed by atoms with van der Waals surface area (Å²) in [5.41, 5.74) is 4.64. The number of hydrogen-bond donors (Lipinski definition) is 3. The Labute approximate surface area is 178 Å². The maximum atomic E-state index is 11.0. The van der Waals surface area contributed by atoms with Gasteiger partial charge in [-0.25, -0.2) is 10.2 Å². The minimum Gasteiger partial charge on any atom is -0.478 e. The Morgan fingerprint density at radius 2 is 1.71 bits per heavy atom. The van der Waals surface area contributed by atoms with Crippen molar-refractivity contribution in [2.75, 3.05) is 41.9 Å². The van der Waals surface area contributed by atoms with Crippen molar-refractivity contribution in [1.82, 2.24) is 15.0 Å². The van der Waals surface area contributed by atoms with E-state index in [0.29, 0.717) is 38.2 Å². The fourth-order valence-electron chi connectivity index (χ4n) is 2.90. The molecule has 0 bridgehead atoms. The van der Waals surface area contributed by atoms with Gasteiger partial charge in [0.25, 0.3) is 0 Å². The fourth-order valence-corrected chi connectivity index (χ4v) is 2.90. The zero-order chi connectivity index (χ0) is 21.5. The number of para-hydroxylation sites is 1. The molecule has 2 aromatic carbocycles. The van der Waals surface area contributed by atoms with Crippen LogP contribution in [0.15, 0.2) is 59.7 Å². The van der Waals surface area contributed by atoms with E-state index in [4.69, 9.17) is 9.84 Å². The van der Waals surface area contributed by atoms with Gasteiger partial charge in [0.05, 0.1) is 25.0 Å². The number of benzene rings is 2. The predicted octanol–water partition coefficient (Wildman–Crippen LogP) is 2.60. The molecule has 3 aromatic rings. The third kappa shape index (κ3) is 5.52. The number of hydrogen-bond acceptors (Lipinski definition) is 9. The molecule has 1 aliphatic heterocycles. The number of carboxylic acids is 1. The first-order valence-electron chi connectivity index (χ1n) is 9.71. The lowest BCUT2D eigenvalue weighted by Crippen LogP contribution is -2.37. The molecule has 31 heavy (non-hydrogen) atoms. The number of carboxylic acid groups (broad SMARTS) is 1. The van der Waals surface area contributed by atoms with Crippen LogP contribution < -0.4 is 15.6 Å². The first-order valence-corrected chi connectivity index (χ1v) is 9.71. The van der Waals surface area contributed by atoms with Crippen LogP contribution in [0.4, 0.5) is 23.5 Å². The van der Waals surface area contributed by atoms with Crippen molar-refractivity contribution in [1.29, 1.82) is 0 Å². The number of aromatic carboxylic acids is 1. The lowest BCUT2D eigenvalue weighted by Gasteiger charge is -2.27. The second-order valence-corrected chi connectivity index (χ2v) is 6.67. The quantitative estimate of drug-likeness (QED) is 0.391. The molecule has 1 aliphatic rings. The third-order valence-electron chi connectivity index (χ3n) is 4.48. The van der Waals surface area contributed by atoms with E-state index in [2.05, 4.69) is 30.8 Å². The van der Waals surface area contributed by atoms with Crippen LogP contribution in [0.3, 0.4) is 0 Å². The maximum absolute atomic E-state index is 11.0. The molecule has 2 heterocycles. The van der Waals surface area contributed by atoms with Crippen LogP contribution in [0.25, 0.3) is 0 Å². The Hall–Kier alpha value is -4.05. The van der Waals surface area contributed by atoms with E-state index in [1.807, 2.05) is 35.2 Å². The van der Waals surface area contributed by atoms with Gasteiger partial charge in [-0.1, -0.05) is 30.3 Å². The number of ether oxygens (including phenoxy) is 1. The highest BCUT2D eigenvalue weighted by molar-refractivity contribution is 5.89. The Morgan fingerprint density at radius 3 is 2.42 bits per heavy atom. The van der Waals surface area contributed by atoms with Crippen molar-refractivity contribution >= 4 is 35.7 Å². The lowest BCUT2D eigenvalue weighted by molar-refractivity contribution is 0.0697. The van der Waals surface area contributed by atoms with Gasteiger partial charge in [0.1, 0.15) is 0 Å². The van der Waals surface area contributed by atoms with Gasteiger partial charge < -0.3 is 20.1 Å². The Morgan fingerprint density at radius 1 is 1.00 bits per heavy atom. The van der Waals surface area contributed by atoms with Crippen LogP contribution in [0.1, 0.15) is 15.9 Å². The summed E-state index contributed by atoms with van der Waals surface area (Å²) < 4.78 is 5.41. The molecule has 3 N–H and O–H groups in total. The van der Waals surface area contributed by atoms with Gasteiger partial charge in [-0.2, -0.15) is 20.1 Å². The van der Waals surface area contributed by atoms with E-state index < -0.39 is 5.97 Å². The molecule has 0 spiro atoms. The molecule has 1 fully saturated rings. The summed E-state index contributed by atoms with van der Waals surface area (Å²) in [6, 6.07) is 16.0.